The fraction of sp³-hybridized carbons (Fsp3) is 0.118. The van der Waals surface area contributed by atoms with E-state index >= 15 is 0 Å². The molecule has 0 fully saturated rings. The number of hydrogen-bond acceptors (Lipinski definition) is 6. The van der Waals surface area contributed by atoms with Crippen molar-refractivity contribution in [3.05, 3.63) is 130 Å². The van der Waals surface area contributed by atoms with E-state index in [1.807, 2.05) is 42.6 Å². The topological polar surface area (TPSA) is 110 Å². The zero-order chi connectivity index (χ0) is 29.1. The molecule has 3 aromatic carbocycles. The quantitative estimate of drug-likeness (QED) is 0.215. The predicted octanol–water partition coefficient (Wildman–Crippen LogP) is 4.90. The number of fused-ring (bicyclic) bond motifs is 2. The van der Waals surface area contributed by atoms with Gasteiger partial charge in [0.2, 0.25) is 0 Å². The van der Waals surface area contributed by atoms with E-state index in [4.69, 9.17) is 4.74 Å². The van der Waals surface area contributed by atoms with Crippen molar-refractivity contribution >= 4 is 27.7 Å². The number of carbonyl (C=O) groups excluding carboxylic acids is 1. The van der Waals surface area contributed by atoms with Gasteiger partial charge in [-0.25, -0.2) is 9.97 Å². The van der Waals surface area contributed by atoms with Gasteiger partial charge in [0.1, 0.15) is 12.4 Å². The number of Topliss-reactive ketones (excluding diaryl/α,β-unsaturated/α-hetero) is 1. The summed E-state index contributed by atoms with van der Waals surface area (Å²) in [7, 11) is 1.57. The average molecular weight is 555 g/mol. The molecule has 0 aliphatic carbocycles. The highest BCUT2D eigenvalue weighted by Gasteiger charge is 2.24. The lowest BCUT2D eigenvalue weighted by atomic mass is 9.89. The highest BCUT2D eigenvalue weighted by Crippen LogP contribution is 2.33. The maximum absolute atomic E-state index is 13.7. The van der Waals surface area contributed by atoms with E-state index in [-0.39, 0.29) is 5.56 Å². The number of aliphatic hydroxyl groups is 1. The predicted molar refractivity (Wildman–Crippen MR) is 161 cm³/mol. The molecule has 6 rings (SSSR count). The summed E-state index contributed by atoms with van der Waals surface area (Å²) in [4.78, 5) is 38.5. The number of aromatic nitrogens is 4. The molecular weight excluding hydrogens is 528 g/mol. The van der Waals surface area contributed by atoms with E-state index in [9.17, 15) is 14.7 Å². The van der Waals surface area contributed by atoms with Gasteiger partial charge >= 0.3 is 0 Å². The maximum atomic E-state index is 13.7. The lowest BCUT2D eigenvalue weighted by Crippen LogP contribution is -2.23. The van der Waals surface area contributed by atoms with E-state index in [1.54, 1.807) is 55.8 Å². The first-order valence-electron chi connectivity index (χ1n) is 13.4. The van der Waals surface area contributed by atoms with E-state index in [0.717, 1.165) is 16.5 Å². The van der Waals surface area contributed by atoms with Gasteiger partial charge in [-0.15, -0.1) is 0 Å². The number of pyridine rings is 1. The highest BCUT2D eigenvalue weighted by molar-refractivity contribution is 6.07. The summed E-state index contributed by atoms with van der Waals surface area (Å²) >= 11 is 0. The van der Waals surface area contributed by atoms with Gasteiger partial charge in [-0.3, -0.25) is 14.2 Å². The first-order valence-corrected chi connectivity index (χ1v) is 13.4. The van der Waals surface area contributed by atoms with E-state index in [0.29, 0.717) is 52.0 Å². The van der Waals surface area contributed by atoms with Crippen molar-refractivity contribution < 1.29 is 14.6 Å². The second kappa shape index (κ2) is 11.6. The van der Waals surface area contributed by atoms with Gasteiger partial charge < -0.3 is 14.8 Å². The number of methoxy groups -OCH3 is 1. The van der Waals surface area contributed by atoms with Crippen LogP contribution in [0, 0.1) is 11.8 Å². The molecule has 0 radical (unpaired) electrons. The number of aliphatic hydroxyl groups excluding tert-OH is 1. The van der Waals surface area contributed by atoms with Crippen molar-refractivity contribution in [2.75, 3.05) is 13.7 Å². The van der Waals surface area contributed by atoms with Gasteiger partial charge in [0.05, 0.1) is 18.5 Å². The molecule has 0 amide bonds. The molecule has 6 aromatic rings. The van der Waals surface area contributed by atoms with E-state index in [1.165, 1.54) is 10.9 Å². The molecule has 0 bridgehead atoms. The van der Waals surface area contributed by atoms with Crippen molar-refractivity contribution in [1.29, 1.82) is 0 Å². The summed E-state index contributed by atoms with van der Waals surface area (Å²) in [5, 5.41) is 12.4. The minimum absolute atomic E-state index is 0.226. The number of ketones is 1. The third-order valence-corrected chi connectivity index (χ3v) is 7.09. The van der Waals surface area contributed by atoms with E-state index in [2.05, 4.69) is 26.8 Å². The number of H-pyrrole nitrogens is 1. The summed E-state index contributed by atoms with van der Waals surface area (Å²) in [6, 6.07) is 23.7. The van der Waals surface area contributed by atoms with Crippen LogP contribution < -0.4 is 5.56 Å². The molecule has 206 valence electrons. The van der Waals surface area contributed by atoms with Crippen LogP contribution in [0.4, 0.5) is 0 Å². The largest absolute Gasteiger partial charge is 0.383 e. The Morgan fingerprint density at radius 1 is 1.02 bits per heavy atom. The number of nitrogens with one attached hydrogen (secondary N) is 1. The molecule has 0 saturated carbocycles. The van der Waals surface area contributed by atoms with Gasteiger partial charge in [0, 0.05) is 47.3 Å². The van der Waals surface area contributed by atoms with Crippen LogP contribution in [0.25, 0.3) is 33.1 Å². The van der Waals surface area contributed by atoms with Crippen LogP contribution in [0.5, 0.6) is 0 Å². The third kappa shape index (κ3) is 5.22. The molecule has 1 atom stereocenters. The van der Waals surface area contributed by atoms with Crippen LogP contribution in [-0.2, 0) is 11.3 Å². The second-order valence-electron chi connectivity index (χ2n) is 9.77. The second-order valence-corrected chi connectivity index (χ2v) is 9.77. The molecule has 0 saturated heterocycles. The van der Waals surface area contributed by atoms with Gasteiger partial charge in [-0.1, -0.05) is 66.4 Å². The first kappa shape index (κ1) is 26.8. The fourth-order valence-electron chi connectivity index (χ4n) is 4.92. The number of carbonyl (C=O) groups is 1. The van der Waals surface area contributed by atoms with Gasteiger partial charge in [0.15, 0.2) is 11.4 Å². The molecule has 0 aliphatic heterocycles. The molecule has 0 aliphatic rings. The van der Waals surface area contributed by atoms with Crippen molar-refractivity contribution in [3.8, 4) is 23.0 Å². The maximum Gasteiger partial charge on any atom is 0.262 e. The Morgan fingerprint density at radius 2 is 1.88 bits per heavy atom. The minimum atomic E-state index is -1.33. The third-order valence-electron chi connectivity index (χ3n) is 7.09. The Bertz CT molecular complexity index is 2050. The summed E-state index contributed by atoms with van der Waals surface area (Å²) in [5.74, 6) is 5.88. The van der Waals surface area contributed by atoms with Crippen LogP contribution in [0.15, 0.2) is 102 Å². The smallest absolute Gasteiger partial charge is 0.262 e. The molecule has 3 aromatic heterocycles. The molecule has 0 spiro atoms. The van der Waals surface area contributed by atoms with Crippen molar-refractivity contribution in [2.45, 2.75) is 12.6 Å². The van der Waals surface area contributed by atoms with Crippen LogP contribution in [-0.4, -0.2) is 44.1 Å². The number of hydrogen-bond donors (Lipinski definition) is 2. The number of rotatable bonds is 7. The summed E-state index contributed by atoms with van der Waals surface area (Å²) in [5.41, 5.74) is 4.39. The lowest BCUT2D eigenvalue weighted by Gasteiger charge is -2.15. The molecule has 42 heavy (non-hydrogen) atoms. The van der Waals surface area contributed by atoms with Crippen LogP contribution >= 0.6 is 0 Å². The highest BCUT2D eigenvalue weighted by atomic mass is 16.5. The lowest BCUT2D eigenvalue weighted by molar-refractivity contribution is 0.0748. The van der Waals surface area contributed by atoms with Crippen molar-refractivity contribution in [1.82, 2.24) is 19.5 Å². The Hall–Kier alpha value is -5.36. The number of ether oxygens (including phenoxy) is 1. The normalized spacial score (nSPS) is 11.8. The van der Waals surface area contributed by atoms with E-state index < -0.39 is 11.9 Å². The van der Waals surface area contributed by atoms with Gasteiger partial charge in [-0.05, 0) is 40.8 Å². The number of aromatic amines is 1. The Labute approximate surface area is 241 Å². The molecule has 8 heteroatoms. The van der Waals surface area contributed by atoms with Crippen LogP contribution in [0.1, 0.15) is 33.2 Å². The van der Waals surface area contributed by atoms with Gasteiger partial charge in [-0.2, -0.15) is 0 Å². The Kier molecular flexibility index (Phi) is 7.43. The van der Waals surface area contributed by atoms with Crippen molar-refractivity contribution in [2.24, 2.45) is 0 Å². The zero-order valence-corrected chi connectivity index (χ0v) is 22.7. The molecule has 8 nitrogen and oxygen atoms in total. The Balaban J connectivity index is 1.46. The van der Waals surface area contributed by atoms with Crippen LogP contribution in [0.3, 0.4) is 0 Å². The Morgan fingerprint density at radius 3 is 2.71 bits per heavy atom. The summed E-state index contributed by atoms with van der Waals surface area (Å²) in [6.45, 7) is 0.753. The summed E-state index contributed by atoms with van der Waals surface area (Å²) < 4.78 is 6.57. The average Bonchev–Trinajstić information content (AvgIpc) is 3.51. The van der Waals surface area contributed by atoms with Crippen molar-refractivity contribution in [3.63, 3.8) is 0 Å². The molecule has 1 unspecified atom stereocenters. The van der Waals surface area contributed by atoms with Crippen LogP contribution in [0.2, 0.25) is 0 Å². The monoisotopic (exact) mass is 554 g/mol. The minimum Gasteiger partial charge on any atom is -0.383 e. The van der Waals surface area contributed by atoms with Gasteiger partial charge in [0.25, 0.3) is 5.56 Å². The SMILES string of the molecule is COCCn1cnc2ncc(C#Cc3cccc(C(=O)C(O)c4ccccc4)c3-c3ccc4cc[nH]c4c3)cc2c1=O. The standard InChI is InChI=1S/C34H26N4O4/c1-42-17-16-38-21-37-33-28(34(38)41)18-22(20-36-33)10-11-24-8-5-9-27(32(40)31(39)25-6-3-2-4-7-25)30(24)26-13-12-23-14-15-35-29(23)19-26/h2-9,12-15,18-21,31,35,39H,16-17H2,1H3. The number of benzene rings is 3. The molecule has 2 N–H and O–H groups in total. The number of nitrogens with zero attached hydrogens (tertiary/aromatic N) is 3. The first-order chi connectivity index (χ1) is 20.5. The molecule has 3 heterocycles. The fourth-order valence-corrected chi connectivity index (χ4v) is 4.92. The molecular formula is C34H26N4O4. The summed E-state index contributed by atoms with van der Waals surface area (Å²) in [6.07, 6.45) is 3.55. The zero-order valence-electron chi connectivity index (χ0n) is 22.7.